The molecule has 5 nitrogen and oxygen atoms in total. The van der Waals surface area contributed by atoms with Crippen molar-refractivity contribution in [3.05, 3.63) is 29.8 Å². The summed E-state index contributed by atoms with van der Waals surface area (Å²) in [7, 11) is 0. The van der Waals surface area contributed by atoms with E-state index in [0.29, 0.717) is 11.5 Å². The van der Waals surface area contributed by atoms with Crippen LogP contribution in [-0.4, -0.2) is 41.6 Å². The van der Waals surface area contributed by atoms with Crippen LogP contribution in [0.1, 0.15) is 30.1 Å². The molecule has 1 unspecified atom stereocenters. The number of rotatable bonds is 5. The Balaban J connectivity index is 2.05. The van der Waals surface area contributed by atoms with E-state index in [1.165, 1.54) is 11.8 Å². The average molecular weight is 321 g/mol. The third kappa shape index (κ3) is 4.24. The fourth-order valence-electron chi connectivity index (χ4n) is 2.72. The van der Waals surface area contributed by atoms with E-state index >= 15 is 0 Å². The predicted octanol–water partition coefficient (Wildman–Crippen LogP) is 1.46. The number of nitrogens with zero attached hydrogens (tertiary/aromatic N) is 1. The summed E-state index contributed by atoms with van der Waals surface area (Å²) < 4.78 is 0. The molecule has 0 radical (unpaired) electrons. The highest BCUT2D eigenvalue weighted by atomic mass is 32.2. The second-order valence-corrected chi connectivity index (χ2v) is 6.76. The van der Waals surface area contributed by atoms with Gasteiger partial charge in [-0.2, -0.15) is 0 Å². The normalized spacial score (nSPS) is 17.3. The lowest BCUT2D eigenvalue weighted by Crippen LogP contribution is -2.42. The van der Waals surface area contributed by atoms with Gasteiger partial charge in [-0.05, 0) is 37.8 Å². The lowest BCUT2D eigenvalue weighted by atomic mass is 9.90. The monoisotopic (exact) mass is 321 g/mol. The van der Waals surface area contributed by atoms with Gasteiger partial charge >= 0.3 is 0 Å². The Morgan fingerprint density at radius 1 is 1.32 bits per heavy atom. The van der Waals surface area contributed by atoms with Crippen LogP contribution in [-0.2, 0) is 4.79 Å². The molecule has 0 saturated carbocycles. The SMILES string of the molecule is CC(N)C1CCN(C(=O)c2ccccc2SCC(N)=O)CC1. The Morgan fingerprint density at radius 2 is 1.95 bits per heavy atom. The predicted molar refractivity (Wildman–Crippen MR) is 88.6 cm³/mol. The molecule has 1 saturated heterocycles. The van der Waals surface area contributed by atoms with Crippen molar-refractivity contribution in [3.63, 3.8) is 0 Å². The molecule has 4 N–H and O–H groups in total. The first-order chi connectivity index (χ1) is 10.5. The lowest BCUT2D eigenvalue weighted by molar-refractivity contribution is -0.115. The molecular weight excluding hydrogens is 298 g/mol. The maximum Gasteiger partial charge on any atom is 0.254 e. The van der Waals surface area contributed by atoms with Crippen molar-refractivity contribution in [2.24, 2.45) is 17.4 Å². The van der Waals surface area contributed by atoms with Gasteiger partial charge in [0.25, 0.3) is 5.91 Å². The van der Waals surface area contributed by atoms with Crippen LogP contribution in [0.15, 0.2) is 29.2 Å². The zero-order valence-electron chi connectivity index (χ0n) is 12.8. The van der Waals surface area contributed by atoms with E-state index in [2.05, 4.69) is 0 Å². The number of primary amides is 1. The van der Waals surface area contributed by atoms with E-state index in [1.54, 1.807) is 0 Å². The molecule has 6 heteroatoms. The Kier molecular flexibility index (Phi) is 5.85. The smallest absolute Gasteiger partial charge is 0.254 e. The third-order valence-corrected chi connectivity index (χ3v) is 5.15. The molecule has 1 fully saturated rings. The number of carbonyl (C=O) groups is 2. The van der Waals surface area contributed by atoms with Gasteiger partial charge in [-0.25, -0.2) is 0 Å². The molecule has 0 spiro atoms. The van der Waals surface area contributed by atoms with Crippen molar-refractivity contribution in [1.29, 1.82) is 0 Å². The summed E-state index contributed by atoms with van der Waals surface area (Å²) in [5.41, 5.74) is 11.8. The van der Waals surface area contributed by atoms with Crippen LogP contribution in [0.4, 0.5) is 0 Å². The molecule has 2 rings (SSSR count). The van der Waals surface area contributed by atoms with Crippen LogP contribution in [0, 0.1) is 5.92 Å². The van der Waals surface area contributed by atoms with Gasteiger partial charge in [0.15, 0.2) is 0 Å². The van der Waals surface area contributed by atoms with Gasteiger partial charge in [-0.1, -0.05) is 12.1 Å². The molecule has 2 amide bonds. The number of hydrogen-bond donors (Lipinski definition) is 2. The van der Waals surface area contributed by atoms with Gasteiger partial charge in [0.2, 0.25) is 5.91 Å². The molecule has 1 atom stereocenters. The molecule has 1 aromatic rings. The molecule has 0 aliphatic carbocycles. The highest BCUT2D eigenvalue weighted by Gasteiger charge is 2.26. The minimum atomic E-state index is -0.384. The van der Waals surface area contributed by atoms with Gasteiger partial charge in [-0.3, -0.25) is 9.59 Å². The van der Waals surface area contributed by atoms with Crippen molar-refractivity contribution < 1.29 is 9.59 Å². The van der Waals surface area contributed by atoms with Crippen LogP contribution < -0.4 is 11.5 Å². The molecule has 0 aromatic heterocycles. The maximum atomic E-state index is 12.7. The Morgan fingerprint density at radius 3 is 2.55 bits per heavy atom. The maximum absolute atomic E-state index is 12.7. The number of piperidine rings is 1. The number of likely N-dealkylation sites (tertiary alicyclic amines) is 1. The van der Waals surface area contributed by atoms with Crippen LogP contribution in [0.3, 0.4) is 0 Å². The fourth-order valence-corrected chi connectivity index (χ4v) is 3.50. The summed E-state index contributed by atoms with van der Waals surface area (Å²) in [5, 5.41) is 0. The molecule has 120 valence electrons. The first-order valence-electron chi connectivity index (χ1n) is 7.54. The minimum absolute atomic E-state index is 0.0238. The van der Waals surface area contributed by atoms with Gasteiger partial charge in [0, 0.05) is 24.0 Å². The van der Waals surface area contributed by atoms with Crippen molar-refractivity contribution in [3.8, 4) is 0 Å². The van der Waals surface area contributed by atoms with Gasteiger partial charge in [-0.15, -0.1) is 11.8 Å². The van der Waals surface area contributed by atoms with Crippen molar-refractivity contribution in [2.45, 2.75) is 30.7 Å². The largest absolute Gasteiger partial charge is 0.369 e. The molecule has 1 aliphatic heterocycles. The summed E-state index contributed by atoms with van der Waals surface area (Å²) in [6, 6.07) is 7.55. The number of benzene rings is 1. The van der Waals surface area contributed by atoms with Gasteiger partial charge < -0.3 is 16.4 Å². The summed E-state index contributed by atoms with van der Waals surface area (Å²) in [5.74, 6) is 0.307. The van der Waals surface area contributed by atoms with E-state index in [1.807, 2.05) is 36.1 Å². The molecule has 0 bridgehead atoms. The van der Waals surface area contributed by atoms with Crippen LogP contribution >= 0.6 is 11.8 Å². The summed E-state index contributed by atoms with van der Waals surface area (Å²) in [4.78, 5) is 26.3. The van der Waals surface area contributed by atoms with Crippen molar-refractivity contribution in [1.82, 2.24) is 4.90 Å². The highest BCUT2D eigenvalue weighted by Crippen LogP contribution is 2.26. The number of carbonyl (C=O) groups excluding carboxylic acids is 2. The lowest BCUT2D eigenvalue weighted by Gasteiger charge is -2.34. The first-order valence-corrected chi connectivity index (χ1v) is 8.52. The van der Waals surface area contributed by atoms with Gasteiger partial charge in [0.05, 0.1) is 11.3 Å². The molecule has 1 heterocycles. The second kappa shape index (κ2) is 7.65. The molecule has 22 heavy (non-hydrogen) atoms. The molecular formula is C16H23N3O2S. The second-order valence-electron chi connectivity index (χ2n) is 5.74. The van der Waals surface area contributed by atoms with E-state index in [4.69, 9.17) is 11.5 Å². The van der Waals surface area contributed by atoms with Crippen LogP contribution in [0.25, 0.3) is 0 Å². The zero-order valence-corrected chi connectivity index (χ0v) is 13.6. The Labute approximate surface area is 135 Å². The van der Waals surface area contributed by atoms with Crippen LogP contribution in [0.2, 0.25) is 0 Å². The minimum Gasteiger partial charge on any atom is -0.369 e. The van der Waals surface area contributed by atoms with E-state index in [9.17, 15) is 9.59 Å². The quantitative estimate of drug-likeness (QED) is 0.804. The number of thioether (sulfide) groups is 1. The Hall–Kier alpha value is -1.53. The molecule has 1 aliphatic rings. The van der Waals surface area contributed by atoms with Crippen LogP contribution in [0.5, 0.6) is 0 Å². The number of hydrogen-bond acceptors (Lipinski definition) is 4. The summed E-state index contributed by atoms with van der Waals surface area (Å²) >= 11 is 1.31. The standard InChI is InChI=1S/C16H23N3O2S/c1-11(17)12-6-8-19(9-7-12)16(21)13-4-2-3-5-14(13)22-10-15(18)20/h2-5,11-12H,6-10,17H2,1H3,(H2,18,20). The molecule has 1 aromatic carbocycles. The van der Waals surface area contributed by atoms with Crippen molar-refractivity contribution in [2.75, 3.05) is 18.8 Å². The van der Waals surface area contributed by atoms with E-state index in [-0.39, 0.29) is 23.6 Å². The zero-order chi connectivity index (χ0) is 16.1. The summed E-state index contributed by atoms with van der Waals surface area (Å²) in [6.07, 6.45) is 1.89. The van der Waals surface area contributed by atoms with Gasteiger partial charge in [0.1, 0.15) is 0 Å². The topological polar surface area (TPSA) is 89.4 Å². The van der Waals surface area contributed by atoms with Crippen molar-refractivity contribution >= 4 is 23.6 Å². The first kappa shape index (κ1) is 16.8. The van der Waals surface area contributed by atoms with E-state index in [0.717, 1.165) is 30.8 Å². The fraction of sp³-hybridized carbons (Fsp3) is 0.500. The number of amides is 2. The highest BCUT2D eigenvalue weighted by molar-refractivity contribution is 8.00. The average Bonchev–Trinajstić information content (AvgIpc) is 2.52. The third-order valence-electron chi connectivity index (χ3n) is 4.06. The summed E-state index contributed by atoms with van der Waals surface area (Å²) in [6.45, 7) is 3.50. The Bertz CT molecular complexity index is 540. The van der Waals surface area contributed by atoms with E-state index < -0.39 is 0 Å². The number of nitrogens with two attached hydrogens (primary N) is 2.